The van der Waals surface area contributed by atoms with Crippen LogP contribution in [-0.2, 0) is 10.2 Å². The fourth-order valence-electron chi connectivity index (χ4n) is 3.55. The van der Waals surface area contributed by atoms with Crippen molar-refractivity contribution in [2.45, 2.75) is 52.9 Å². The maximum Gasteiger partial charge on any atom is 0.280 e. The highest BCUT2D eigenvalue weighted by atomic mass is 16.2. The van der Waals surface area contributed by atoms with Crippen molar-refractivity contribution in [2.24, 2.45) is 10.9 Å². The quantitative estimate of drug-likeness (QED) is 0.487. The van der Waals surface area contributed by atoms with Crippen LogP contribution in [0.25, 0.3) is 0 Å². The number of nitrogens with zero attached hydrogens (tertiary/aromatic N) is 1. The van der Waals surface area contributed by atoms with Crippen LogP contribution in [0.2, 0.25) is 0 Å². The van der Waals surface area contributed by atoms with Crippen molar-refractivity contribution in [3.05, 3.63) is 53.6 Å². The van der Waals surface area contributed by atoms with Crippen LogP contribution in [-0.4, -0.2) is 30.9 Å². The van der Waals surface area contributed by atoms with Gasteiger partial charge in [0.1, 0.15) is 0 Å². The number of aliphatic imine (C=N–C) groups is 1. The highest BCUT2D eigenvalue weighted by Gasteiger charge is 2.21. The van der Waals surface area contributed by atoms with Crippen molar-refractivity contribution in [1.82, 2.24) is 10.6 Å². The van der Waals surface area contributed by atoms with Crippen LogP contribution in [0.5, 0.6) is 0 Å². The largest absolute Gasteiger partial charge is 0.355 e. The maximum atomic E-state index is 12.7. The molecule has 1 aliphatic heterocycles. The first-order chi connectivity index (χ1) is 15.6. The van der Waals surface area contributed by atoms with E-state index in [1.807, 2.05) is 36.4 Å². The number of carbonyl (C=O) groups is 2. The van der Waals surface area contributed by atoms with E-state index in [0.29, 0.717) is 23.9 Å². The van der Waals surface area contributed by atoms with E-state index >= 15 is 0 Å². The monoisotopic (exact) mass is 449 g/mol. The predicted molar refractivity (Wildman–Crippen MR) is 135 cm³/mol. The Morgan fingerprint density at radius 3 is 2.39 bits per heavy atom. The molecule has 0 spiro atoms. The number of carbonyl (C=O) groups excluding carboxylic acids is 2. The Morgan fingerprint density at radius 1 is 1.03 bits per heavy atom. The molecule has 7 heteroatoms. The van der Waals surface area contributed by atoms with Gasteiger partial charge < -0.3 is 21.3 Å². The molecule has 0 bridgehead atoms. The van der Waals surface area contributed by atoms with Crippen LogP contribution in [0.15, 0.2) is 47.5 Å². The van der Waals surface area contributed by atoms with E-state index < -0.39 is 0 Å². The van der Waals surface area contributed by atoms with E-state index in [9.17, 15) is 9.59 Å². The Labute approximate surface area is 196 Å². The molecule has 1 saturated heterocycles. The molecule has 2 aromatic carbocycles. The zero-order valence-corrected chi connectivity index (χ0v) is 20.2. The van der Waals surface area contributed by atoms with Gasteiger partial charge in [-0.15, -0.1) is 0 Å². The van der Waals surface area contributed by atoms with Crippen molar-refractivity contribution in [2.75, 3.05) is 23.7 Å². The zero-order chi connectivity index (χ0) is 24.0. The fraction of sp³-hybridized carbons (Fsp3) is 0.423. The lowest BCUT2D eigenvalue weighted by Gasteiger charge is -2.24. The van der Waals surface area contributed by atoms with E-state index in [1.165, 1.54) is 0 Å². The molecule has 7 nitrogen and oxygen atoms in total. The molecule has 0 saturated carbocycles. The Kier molecular flexibility index (Phi) is 7.74. The second-order valence-electron chi connectivity index (χ2n) is 9.82. The molecular weight excluding hydrogens is 414 g/mol. The average Bonchev–Trinajstić information content (AvgIpc) is 3.25. The molecule has 0 atom stereocenters. The van der Waals surface area contributed by atoms with Gasteiger partial charge >= 0.3 is 0 Å². The van der Waals surface area contributed by atoms with Crippen molar-refractivity contribution < 1.29 is 9.59 Å². The van der Waals surface area contributed by atoms with Gasteiger partial charge in [-0.25, -0.2) is 0 Å². The molecule has 0 unspecified atom stereocenters. The molecule has 3 rings (SSSR count). The summed E-state index contributed by atoms with van der Waals surface area (Å²) in [6.07, 6.45) is 1.37. The third-order valence-corrected chi connectivity index (χ3v) is 5.37. The molecule has 0 radical (unpaired) electrons. The summed E-state index contributed by atoms with van der Waals surface area (Å²) < 4.78 is 0. The normalized spacial score (nSPS) is 13.3. The summed E-state index contributed by atoms with van der Waals surface area (Å²) in [4.78, 5) is 29.0. The molecule has 1 fully saturated rings. The maximum absolute atomic E-state index is 12.7. The lowest BCUT2D eigenvalue weighted by atomic mass is 9.84. The van der Waals surface area contributed by atoms with Crippen LogP contribution in [0.4, 0.5) is 17.1 Å². The highest BCUT2D eigenvalue weighted by Crippen LogP contribution is 2.33. The van der Waals surface area contributed by atoms with Crippen molar-refractivity contribution in [1.29, 1.82) is 0 Å². The second kappa shape index (κ2) is 10.5. The first-order valence-corrected chi connectivity index (χ1v) is 11.5. The molecule has 1 aliphatic rings. The minimum Gasteiger partial charge on any atom is -0.355 e. The number of rotatable bonds is 7. The first-order valence-electron chi connectivity index (χ1n) is 11.5. The topological polar surface area (TPSA) is 94.6 Å². The summed E-state index contributed by atoms with van der Waals surface area (Å²) >= 11 is 0. The van der Waals surface area contributed by atoms with Crippen LogP contribution in [0.3, 0.4) is 0 Å². The van der Waals surface area contributed by atoms with Gasteiger partial charge in [-0.2, -0.15) is 4.99 Å². The fourth-order valence-corrected chi connectivity index (χ4v) is 3.55. The second-order valence-corrected chi connectivity index (χ2v) is 9.82. The van der Waals surface area contributed by atoms with Crippen molar-refractivity contribution in [3.63, 3.8) is 0 Å². The van der Waals surface area contributed by atoms with Crippen LogP contribution >= 0.6 is 0 Å². The van der Waals surface area contributed by atoms with Crippen LogP contribution in [0.1, 0.15) is 63.4 Å². The Bertz CT molecular complexity index is 1030. The number of guanidine groups is 1. The summed E-state index contributed by atoms with van der Waals surface area (Å²) in [5, 5.41) is 12.5. The van der Waals surface area contributed by atoms with Gasteiger partial charge in [-0.3, -0.25) is 9.59 Å². The number of benzene rings is 2. The molecule has 4 N–H and O–H groups in total. The number of amides is 2. The molecule has 2 amide bonds. The molecule has 33 heavy (non-hydrogen) atoms. The SMILES string of the molecule is CC(C)CCC(=O)Nc1cccc(Nc2ccc(C(=O)N=C3NCCN3)cc2C(C)(C)C)c1. The van der Waals surface area contributed by atoms with E-state index in [0.717, 1.165) is 42.1 Å². The highest BCUT2D eigenvalue weighted by molar-refractivity contribution is 6.03. The van der Waals surface area contributed by atoms with E-state index in [-0.39, 0.29) is 17.2 Å². The number of hydrogen-bond donors (Lipinski definition) is 4. The van der Waals surface area contributed by atoms with Crippen LogP contribution < -0.4 is 21.3 Å². The molecular formula is C26H35N5O2. The van der Waals surface area contributed by atoms with Gasteiger partial charge in [0, 0.05) is 42.1 Å². The zero-order valence-electron chi connectivity index (χ0n) is 20.2. The van der Waals surface area contributed by atoms with Gasteiger partial charge in [0.2, 0.25) is 5.91 Å². The summed E-state index contributed by atoms with van der Waals surface area (Å²) in [5.41, 5.74) is 3.88. The standard InChI is InChI=1S/C26H35N5O2/c1-17(2)9-12-23(32)30-20-8-6-7-19(16-20)29-22-11-10-18(15-21(22)26(3,4)5)24(33)31-25-27-13-14-28-25/h6-8,10-11,15-17,29H,9,12-14H2,1-5H3,(H,30,32)(H2,27,28,31,33). The lowest BCUT2D eigenvalue weighted by Crippen LogP contribution is -2.25. The van der Waals surface area contributed by atoms with Gasteiger partial charge in [0.05, 0.1) is 0 Å². The summed E-state index contributed by atoms with van der Waals surface area (Å²) in [7, 11) is 0. The van der Waals surface area contributed by atoms with Crippen molar-refractivity contribution >= 4 is 34.8 Å². The molecule has 0 aromatic heterocycles. The lowest BCUT2D eigenvalue weighted by molar-refractivity contribution is -0.116. The van der Waals surface area contributed by atoms with Gasteiger partial charge in [-0.1, -0.05) is 40.7 Å². The first kappa shape index (κ1) is 24.3. The minimum atomic E-state index is -0.282. The summed E-state index contributed by atoms with van der Waals surface area (Å²) in [6.45, 7) is 12.1. The molecule has 0 aliphatic carbocycles. The van der Waals surface area contributed by atoms with E-state index in [4.69, 9.17) is 0 Å². The van der Waals surface area contributed by atoms with Gasteiger partial charge in [0.15, 0.2) is 5.96 Å². The average molecular weight is 450 g/mol. The smallest absolute Gasteiger partial charge is 0.280 e. The van der Waals surface area contributed by atoms with E-state index in [1.54, 1.807) is 6.07 Å². The van der Waals surface area contributed by atoms with Gasteiger partial charge in [-0.05, 0) is 59.7 Å². The minimum absolute atomic E-state index is 0.0203. The Morgan fingerprint density at radius 2 is 1.73 bits per heavy atom. The predicted octanol–water partition coefficient (Wildman–Crippen LogP) is 4.79. The molecule has 2 aromatic rings. The Balaban J connectivity index is 1.79. The number of hydrogen-bond acceptors (Lipinski definition) is 3. The third kappa shape index (κ3) is 7.07. The van der Waals surface area contributed by atoms with Crippen LogP contribution in [0, 0.1) is 5.92 Å². The molecule has 1 heterocycles. The summed E-state index contributed by atoms with van der Waals surface area (Å²) in [5.74, 6) is 0.750. The third-order valence-electron chi connectivity index (χ3n) is 5.37. The van der Waals surface area contributed by atoms with Gasteiger partial charge in [0.25, 0.3) is 5.91 Å². The number of anilines is 3. The summed E-state index contributed by atoms with van der Waals surface area (Å²) in [6, 6.07) is 13.3. The Hall–Kier alpha value is -3.35. The number of nitrogens with one attached hydrogen (secondary N) is 4. The van der Waals surface area contributed by atoms with Crippen molar-refractivity contribution in [3.8, 4) is 0 Å². The molecule has 176 valence electrons. The van der Waals surface area contributed by atoms with E-state index in [2.05, 4.69) is 60.9 Å².